The number of hydrogen-bond donors (Lipinski definition) is 1. The van der Waals surface area contributed by atoms with Crippen LogP contribution in [0.15, 0.2) is 65.3 Å². The van der Waals surface area contributed by atoms with E-state index in [1.54, 1.807) is 35.1 Å². The Morgan fingerprint density at radius 3 is 2.48 bits per heavy atom. The number of hydrogen-bond acceptors (Lipinski definition) is 4. The first-order valence-electron chi connectivity index (χ1n) is 8.81. The summed E-state index contributed by atoms with van der Waals surface area (Å²) in [5.74, 6) is -1.58. The van der Waals surface area contributed by atoms with E-state index in [2.05, 4.69) is 15.4 Å². The molecule has 0 bridgehead atoms. The van der Waals surface area contributed by atoms with Gasteiger partial charge in [0.25, 0.3) is 5.91 Å². The summed E-state index contributed by atoms with van der Waals surface area (Å²) >= 11 is 0. The third-order valence-electron chi connectivity index (χ3n) is 4.34. The summed E-state index contributed by atoms with van der Waals surface area (Å²) in [6.07, 6.45) is 3.53. The van der Waals surface area contributed by atoms with Crippen LogP contribution in [0.25, 0.3) is 11.5 Å². The Labute approximate surface area is 164 Å². The number of amides is 1. The maximum atomic E-state index is 13.7. The highest BCUT2D eigenvalue weighted by molar-refractivity contribution is 6.04. The number of carbonyl (C=O) groups excluding carboxylic acids is 1. The summed E-state index contributed by atoms with van der Waals surface area (Å²) in [5, 5.41) is 6.64. The highest BCUT2D eigenvalue weighted by atomic mass is 19.1. The van der Waals surface area contributed by atoms with Crippen molar-refractivity contribution in [1.29, 1.82) is 0 Å². The van der Waals surface area contributed by atoms with Crippen LogP contribution in [0.5, 0.6) is 0 Å². The second-order valence-electron chi connectivity index (χ2n) is 6.35. The van der Waals surface area contributed by atoms with Crippen molar-refractivity contribution in [2.45, 2.75) is 13.5 Å². The summed E-state index contributed by atoms with van der Waals surface area (Å²) in [6.45, 7) is 2.32. The standard InChI is InChI=1S/C21H16F2N4O2/c1-13-18(12-27-11-3-10-24-27)26-21(29-13)14-6-8-15(9-7-14)25-20(28)19-16(22)4-2-5-17(19)23/h2-11H,12H2,1H3,(H,25,28). The first-order chi connectivity index (χ1) is 14.0. The number of nitrogens with zero attached hydrogens (tertiary/aromatic N) is 3. The van der Waals surface area contributed by atoms with Gasteiger partial charge in [-0.05, 0) is 49.4 Å². The minimum atomic E-state index is -0.918. The maximum Gasteiger partial charge on any atom is 0.261 e. The van der Waals surface area contributed by atoms with Crippen molar-refractivity contribution in [3.63, 3.8) is 0 Å². The Hall–Kier alpha value is -3.81. The van der Waals surface area contributed by atoms with Crippen molar-refractivity contribution < 1.29 is 18.0 Å². The van der Waals surface area contributed by atoms with Gasteiger partial charge in [0.1, 0.15) is 28.7 Å². The lowest BCUT2D eigenvalue weighted by Gasteiger charge is -2.07. The van der Waals surface area contributed by atoms with E-state index in [9.17, 15) is 13.6 Å². The van der Waals surface area contributed by atoms with Gasteiger partial charge in [-0.15, -0.1) is 0 Å². The van der Waals surface area contributed by atoms with Crippen molar-refractivity contribution in [1.82, 2.24) is 14.8 Å². The third-order valence-corrected chi connectivity index (χ3v) is 4.34. The van der Waals surface area contributed by atoms with Gasteiger partial charge in [0.15, 0.2) is 0 Å². The molecule has 0 aliphatic heterocycles. The highest BCUT2D eigenvalue weighted by Crippen LogP contribution is 2.24. The molecule has 0 radical (unpaired) electrons. The second kappa shape index (κ2) is 7.67. The molecular formula is C21H16F2N4O2. The molecule has 4 aromatic rings. The average Bonchev–Trinajstić information content (AvgIpc) is 3.33. The van der Waals surface area contributed by atoms with Crippen molar-refractivity contribution in [3.05, 3.63) is 89.6 Å². The quantitative estimate of drug-likeness (QED) is 0.544. The van der Waals surface area contributed by atoms with Crippen LogP contribution in [0, 0.1) is 18.6 Å². The molecule has 0 aliphatic rings. The minimum absolute atomic E-state index is 0.390. The van der Waals surface area contributed by atoms with Gasteiger partial charge in [-0.1, -0.05) is 6.07 Å². The molecule has 1 N–H and O–H groups in total. The number of aromatic nitrogens is 3. The topological polar surface area (TPSA) is 73.0 Å². The molecule has 0 saturated heterocycles. The Kier molecular flexibility index (Phi) is 4.90. The summed E-state index contributed by atoms with van der Waals surface area (Å²) in [5.41, 5.74) is 1.23. The number of benzene rings is 2. The Morgan fingerprint density at radius 2 is 1.83 bits per heavy atom. The van der Waals surface area contributed by atoms with Crippen LogP contribution in [0.3, 0.4) is 0 Å². The first-order valence-corrected chi connectivity index (χ1v) is 8.81. The number of halogens is 2. The molecule has 0 aliphatic carbocycles. The van der Waals surface area contributed by atoms with E-state index >= 15 is 0 Å². The Morgan fingerprint density at radius 1 is 1.10 bits per heavy atom. The van der Waals surface area contributed by atoms with Crippen LogP contribution < -0.4 is 5.32 Å². The zero-order chi connectivity index (χ0) is 20.4. The Bertz CT molecular complexity index is 1130. The summed E-state index contributed by atoms with van der Waals surface area (Å²) in [6, 6.07) is 11.7. The van der Waals surface area contributed by atoms with Crippen molar-refractivity contribution in [2.24, 2.45) is 0 Å². The highest BCUT2D eigenvalue weighted by Gasteiger charge is 2.17. The second-order valence-corrected chi connectivity index (χ2v) is 6.35. The van der Waals surface area contributed by atoms with Crippen LogP contribution in [-0.2, 0) is 6.54 Å². The van der Waals surface area contributed by atoms with Crippen molar-refractivity contribution >= 4 is 11.6 Å². The van der Waals surface area contributed by atoms with Gasteiger partial charge in [0.2, 0.25) is 5.89 Å². The van der Waals surface area contributed by atoms with E-state index in [-0.39, 0.29) is 0 Å². The monoisotopic (exact) mass is 394 g/mol. The molecule has 2 aromatic carbocycles. The smallest absolute Gasteiger partial charge is 0.261 e. The first kappa shape index (κ1) is 18.5. The molecule has 4 rings (SSSR count). The molecule has 146 valence electrons. The van der Waals surface area contributed by atoms with Gasteiger partial charge in [-0.25, -0.2) is 13.8 Å². The summed E-state index contributed by atoms with van der Waals surface area (Å²) in [4.78, 5) is 16.7. The number of aryl methyl sites for hydroxylation is 1. The molecule has 0 saturated carbocycles. The molecule has 0 unspecified atom stereocenters. The zero-order valence-electron chi connectivity index (χ0n) is 15.4. The van der Waals surface area contributed by atoms with E-state index in [0.717, 1.165) is 17.8 Å². The lowest BCUT2D eigenvalue weighted by atomic mass is 10.1. The average molecular weight is 394 g/mol. The van der Waals surface area contributed by atoms with Crippen LogP contribution in [0.4, 0.5) is 14.5 Å². The number of carbonyl (C=O) groups is 1. The molecule has 2 aromatic heterocycles. The van der Waals surface area contributed by atoms with Gasteiger partial charge < -0.3 is 9.73 Å². The van der Waals surface area contributed by atoms with E-state index in [0.29, 0.717) is 29.4 Å². The molecule has 29 heavy (non-hydrogen) atoms. The van der Waals surface area contributed by atoms with Crippen LogP contribution in [0.1, 0.15) is 21.8 Å². The van der Waals surface area contributed by atoms with E-state index in [4.69, 9.17) is 4.42 Å². The van der Waals surface area contributed by atoms with Crippen molar-refractivity contribution in [2.75, 3.05) is 5.32 Å². The summed E-state index contributed by atoms with van der Waals surface area (Å²) in [7, 11) is 0. The number of anilines is 1. The van der Waals surface area contributed by atoms with Gasteiger partial charge >= 0.3 is 0 Å². The van der Waals surface area contributed by atoms with E-state index in [1.807, 2.05) is 19.2 Å². The number of rotatable bonds is 5. The third kappa shape index (κ3) is 3.91. The fourth-order valence-electron chi connectivity index (χ4n) is 2.85. The molecule has 1 amide bonds. The van der Waals surface area contributed by atoms with Crippen molar-refractivity contribution in [3.8, 4) is 11.5 Å². The zero-order valence-corrected chi connectivity index (χ0v) is 15.4. The van der Waals surface area contributed by atoms with Crippen LogP contribution >= 0.6 is 0 Å². The predicted molar refractivity (Wildman–Crippen MR) is 102 cm³/mol. The van der Waals surface area contributed by atoms with Gasteiger partial charge in [0, 0.05) is 23.6 Å². The summed E-state index contributed by atoms with van der Waals surface area (Å²) < 4.78 is 35.0. The molecule has 8 heteroatoms. The van der Waals surface area contributed by atoms with Crippen LogP contribution in [0.2, 0.25) is 0 Å². The lowest BCUT2D eigenvalue weighted by molar-refractivity contribution is 0.101. The fourth-order valence-corrected chi connectivity index (χ4v) is 2.85. The van der Waals surface area contributed by atoms with Gasteiger partial charge in [-0.3, -0.25) is 9.48 Å². The van der Waals surface area contributed by atoms with Gasteiger partial charge in [0.05, 0.1) is 6.54 Å². The van der Waals surface area contributed by atoms with Crippen LogP contribution in [-0.4, -0.2) is 20.7 Å². The van der Waals surface area contributed by atoms with E-state index in [1.165, 1.54) is 6.07 Å². The predicted octanol–water partition coefficient (Wildman–Crippen LogP) is 4.43. The Balaban J connectivity index is 1.50. The minimum Gasteiger partial charge on any atom is -0.441 e. The lowest BCUT2D eigenvalue weighted by Crippen LogP contribution is -2.15. The molecule has 2 heterocycles. The fraction of sp³-hybridized carbons (Fsp3) is 0.0952. The molecule has 0 fully saturated rings. The largest absolute Gasteiger partial charge is 0.441 e. The SMILES string of the molecule is Cc1oc(-c2ccc(NC(=O)c3c(F)cccc3F)cc2)nc1Cn1cccn1. The molecular weight excluding hydrogens is 378 g/mol. The van der Waals surface area contributed by atoms with Gasteiger partial charge in [-0.2, -0.15) is 5.10 Å². The molecule has 0 atom stereocenters. The van der Waals surface area contributed by atoms with E-state index < -0.39 is 23.1 Å². The molecule has 0 spiro atoms. The normalized spacial score (nSPS) is 10.9. The number of oxazole rings is 1. The number of nitrogens with one attached hydrogen (secondary N) is 1. The maximum absolute atomic E-state index is 13.7. The molecule has 6 nitrogen and oxygen atoms in total.